The third kappa shape index (κ3) is 10.3. The Morgan fingerprint density at radius 1 is 1.05 bits per heavy atom. The fraction of sp³-hybridized carbons (Fsp3) is 0.333. The number of carboxylic acid groups (broad SMARTS) is 1. The molecule has 0 saturated carbocycles. The van der Waals surface area contributed by atoms with Crippen LogP contribution in [0.3, 0.4) is 0 Å². The Kier molecular flexibility index (Phi) is 12.4. The minimum atomic E-state index is -5.08. The lowest BCUT2D eigenvalue weighted by Gasteiger charge is -2.13. The molecule has 216 valence electrons. The number of alkyl halides is 4. The molecule has 0 aliphatic rings. The maximum atomic E-state index is 12.4. The number of carbonyl (C=O) groups is 3. The zero-order chi connectivity index (χ0) is 29.5. The van der Waals surface area contributed by atoms with Gasteiger partial charge in [-0.05, 0) is 37.3 Å². The number of benzene rings is 1. The van der Waals surface area contributed by atoms with Gasteiger partial charge >= 0.3 is 12.1 Å². The van der Waals surface area contributed by atoms with Gasteiger partial charge in [-0.3, -0.25) is 14.6 Å². The number of amides is 2. The molecule has 16 heteroatoms. The van der Waals surface area contributed by atoms with E-state index in [-0.39, 0.29) is 38.0 Å². The second-order valence-electron chi connectivity index (χ2n) is 7.55. The van der Waals surface area contributed by atoms with Crippen LogP contribution in [0.1, 0.15) is 33.5 Å². The van der Waals surface area contributed by atoms with Gasteiger partial charge in [0.15, 0.2) is 5.69 Å². The van der Waals surface area contributed by atoms with Gasteiger partial charge in [-0.1, -0.05) is 11.3 Å². The molecule has 0 saturated heterocycles. The number of aromatic nitrogens is 4. The topological polar surface area (TPSA) is 158 Å². The summed E-state index contributed by atoms with van der Waals surface area (Å²) in [6.45, 7) is 2.26. The number of nitrogens with one attached hydrogen (secondary N) is 2. The molecule has 0 atom stereocenters. The fourth-order valence-corrected chi connectivity index (χ4v) is 2.84. The molecule has 3 N–H and O–H groups in total. The van der Waals surface area contributed by atoms with Crippen LogP contribution >= 0.6 is 0 Å². The van der Waals surface area contributed by atoms with E-state index in [1.807, 2.05) is 13.0 Å². The van der Waals surface area contributed by atoms with Crippen molar-refractivity contribution in [3.63, 3.8) is 0 Å². The van der Waals surface area contributed by atoms with Gasteiger partial charge in [0.05, 0.1) is 31.6 Å². The van der Waals surface area contributed by atoms with E-state index in [0.717, 1.165) is 0 Å². The van der Waals surface area contributed by atoms with Gasteiger partial charge < -0.3 is 25.2 Å². The minimum absolute atomic E-state index is 0.0186. The highest BCUT2D eigenvalue weighted by molar-refractivity contribution is 5.95. The quantitative estimate of drug-likeness (QED) is 0.220. The van der Waals surface area contributed by atoms with Gasteiger partial charge in [0.2, 0.25) is 0 Å². The zero-order valence-electron chi connectivity index (χ0n) is 21.2. The number of nitrogens with zero attached hydrogens (tertiary/aromatic N) is 4. The Labute approximate surface area is 225 Å². The molecule has 0 spiro atoms. The normalized spacial score (nSPS) is 10.7. The predicted octanol–water partition coefficient (Wildman–Crippen LogP) is 2.34. The summed E-state index contributed by atoms with van der Waals surface area (Å²) < 4.78 is 56.2. The van der Waals surface area contributed by atoms with Crippen LogP contribution in [0.25, 0.3) is 5.69 Å². The van der Waals surface area contributed by atoms with Crippen molar-refractivity contribution < 1.29 is 46.5 Å². The Hall–Kier alpha value is -4.60. The lowest BCUT2D eigenvalue weighted by Crippen LogP contribution is -2.23. The van der Waals surface area contributed by atoms with E-state index < -0.39 is 24.7 Å². The lowest BCUT2D eigenvalue weighted by atomic mass is 10.1. The molecular formula is C24H26F4N6O6. The summed E-state index contributed by atoms with van der Waals surface area (Å²) in [6.07, 6.45) is -1.98. The van der Waals surface area contributed by atoms with Crippen LogP contribution in [0.4, 0.5) is 17.6 Å². The van der Waals surface area contributed by atoms with Gasteiger partial charge in [-0.2, -0.15) is 13.2 Å². The molecule has 2 amide bonds. The Balaban J connectivity index is 0.000000708. The monoisotopic (exact) mass is 570 g/mol. The standard InChI is InChI=1S/C22H25FN6O4.C2HF3O2/c1-2-24-21(30)16-6-7-19(20(13-16)33-12-11-32-10-8-23)29-15-18(27-28-29)22(31)26-14-17-5-3-4-9-25-17;3-2(4,5)1(6)7/h3-7,9,13,15H,2,8,10-12,14H2,1H3,(H,24,30)(H,26,31);(H,6,7). The van der Waals surface area contributed by atoms with E-state index in [9.17, 15) is 27.2 Å². The average molecular weight is 571 g/mol. The first-order valence-electron chi connectivity index (χ1n) is 11.7. The van der Waals surface area contributed by atoms with Crippen molar-refractivity contribution in [1.82, 2.24) is 30.6 Å². The van der Waals surface area contributed by atoms with Crippen molar-refractivity contribution in [2.45, 2.75) is 19.6 Å². The Morgan fingerprint density at radius 2 is 1.80 bits per heavy atom. The Bertz CT molecular complexity index is 1260. The number of pyridine rings is 1. The van der Waals surface area contributed by atoms with Gasteiger partial charge in [0.25, 0.3) is 11.8 Å². The minimum Gasteiger partial charge on any atom is -0.489 e. The number of rotatable bonds is 12. The molecule has 40 heavy (non-hydrogen) atoms. The third-order valence-electron chi connectivity index (χ3n) is 4.64. The molecule has 0 aliphatic heterocycles. The van der Waals surface area contributed by atoms with E-state index in [0.29, 0.717) is 29.2 Å². The molecule has 0 radical (unpaired) electrons. The van der Waals surface area contributed by atoms with Gasteiger partial charge in [-0.25, -0.2) is 13.9 Å². The maximum absolute atomic E-state index is 12.4. The van der Waals surface area contributed by atoms with E-state index in [2.05, 4.69) is 25.9 Å². The predicted molar refractivity (Wildman–Crippen MR) is 131 cm³/mol. The molecule has 2 aromatic heterocycles. The lowest BCUT2D eigenvalue weighted by molar-refractivity contribution is -0.192. The van der Waals surface area contributed by atoms with Gasteiger partial charge in [0.1, 0.15) is 24.7 Å². The highest BCUT2D eigenvalue weighted by atomic mass is 19.4. The number of carboxylic acids is 1. The van der Waals surface area contributed by atoms with Gasteiger partial charge in [-0.15, -0.1) is 5.10 Å². The number of carbonyl (C=O) groups excluding carboxylic acids is 2. The van der Waals surface area contributed by atoms with Crippen LogP contribution in [0.15, 0.2) is 48.8 Å². The largest absolute Gasteiger partial charge is 0.490 e. The van der Waals surface area contributed by atoms with Crippen LogP contribution in [0.2, 0.25) is 0 Å². The third-order valence-corrected chi connectivity index (χ3v) is 4.64. The molecule has 0 aliphatic carbocycles. The van der Waals surface area contributed by atoms with Crippen molar-refractivity contribution in [3.8, 4) is 11.4 Å². The van der Waals surface area contributed by atoms with Crippen molar-refractivity contribution >= 4 is 17.8 Å². The summed E-state index contributed by atoms with van der Waals surface area (Å²) in [5.74, 6) is -3.08. The summed E-state index contributed by atoms with van der Waals surface area (Å²) in [5, 5.41) is 20.5. The van der Waals surface area contributed by atoms with Crippen molar-refractivity contribution in [2.75, 3.05) is 33.0 Å². The number of hydrogen-bond donors (Lipinski definition) is 3. The molecule has 0 bridgehead atoms. The zero-order valence-corrected chi connectivity index (χ0v) is 21.2. The van der Waals surface area contributed by atoms with Crippen molar-refractivity contribution in [1.29, 1.82) is 0 Å². The summed E-state index contributed by atoms with van der Waals surface area (Å²) in [4.78, 5) is 37.7. The van der Waals surface area contributed by atoms with Crippen molar-refractivity contribution in [2.24, 2.45) is 0 Å². The molecule has 12 nitrogen and oxygen atoms in total. The molecule has 0 fully saturated rings. The summed E-state index contributed by atoms with van der Waals surface area (Å²) >= 11 is 0. The Morgan fingerprint density at radius 3 is 2.42 bits per heavy atom. The van der Waals surface area contributed by atoms with Crippen LogP contribution in [0, 0.1) is 0 Å². The number of hydrogen-bond acceptors (Lipinski definition) is 8. The van der Waals surface area contributed by atoms with E-state index in [1.54, 1.807) is 36.5 Å². The molecular weight excluding hydrogens is 544 g/mol. The summed E-state index contributed by atoms with van der Waals surface area (Å²) in [5.41, 5.74) is 1.69. The first-order valence-corrected chi connectivity index (χ1v) is 11.7. The number of halogens is 4. The smallest absolute Gasteiger partial charge is 0.489 e. The van der Waals surface area contributed by atoms with Crippen molar-refractivity contribution in [3.05, 3.63) is 65.7 Å². The molecule has 1 aromatic carbocycles. The number of aliphatic carboxylic acids is 1. The highest BCUT2D eigenvalue weighted by Gasteiger charge is 2.38. The first-order chi connectivity index (χ1) is 19.1. The summed E-state index contributed by atoms with van der Waals surface area (Å²) in [7, 11) is 0. The average Bonchev–Trinajstić information content (AvgIpc) is 3.42. The maximum Gasteiger partial charge on any atom is 0.490 e. The fourth-order valence-electron chi connectivity index (χ4n) is 2.84. The van der Waals surface area contributed by atoms with E-state index >= 15 is 0 Å². The van der Waals surface area contributed by atoms with Crippen LogP contribution in [0.5, 0.6) is 5.75 Å². The van der Waals surface area contributed by atoms with E-state index in [4.69, 9.17) is 19.4 Å². The molecule has 0 unspecified atom stereocenters. The van der Waals surface area contributed by atoms with Crippen LogP contribution in [-0.4, -0.2) is 82.1 Å². The second kappa shape index (κ2) is 15.7. The van der Waals surface area contributed by atoms with Crippen LogP contribution < -0.4 is 15.4 Å². The molecule has 2 heterocycles. The SMILES string of the molecule is CCNC(=O)c1ccc(-n2cc(C(=O)NCc3ccccn3)nn2)c(OCCOCCF)c1.O=C(O)C(F)(F)F. The molecule has 3 rings (SSSR count). The number of ether oxygens (including phenoxy) is 2. The molecule has 3 aromatic rings. The highest BCUT2D eigenvalue weighted by Crippen LogP contribution is 2.24. The second-order valence-corrected chi connectivity index (χ2v) is 7.55. The first kappa shape index (κ1) is 31.6. The van der Waals surface area contributed by atoms with E-state index in [1.165, 1.54) is 10.9 Å². The van der Waals surface area contributed by atoms with Gasteiger partial charge in [0, 0.05) is 18.3 Å². The summed E-state index contributed by atoms with van der Waals surface area (Å²) in [6, 6.07) is 10.3. The van der Waals surface area contributed by atoms with Crippen LogP contribution in [-0.2, 0) is 16.1 Å².